The summed E-state index contributed by atoms with van der Waals surface area (Å²) in [7, 11) is 0. The van der Waals surface area contributed by atoms with Crippen LogP contribution in [0.5, 0.6) is 0 Å². The molecular formula is C23H24F3N5O2. The second-order valence-electron chi connectivity index (χ2n) is 7.83. The number of hydrogen-bond donors (Lipinski definition) is 1. The topological polar surface area (TPSA) is 74.5 Å². The first-order chi connectivity index (χ1) is 15.8. The highest BCUT2D eigenvalue weighted by Gasteiger charge is 2.30. The van der Waals surface area contributed by atoms with Gasteiger partial charge in [-0.05, 0) is 48.4 Å². The van der Waals surface area contributed by atoms with Crippen LogP contribution < -0.4 is 5.32 Å². The normalized spacial score (nSPS) is 15.0. The second kappa shape index (κ2) is 9.62. The van der Waals surface area contributed by atoms with Gasteiger partial charge < -0.3 is 14.7 Å². The molecule has 1 N–H and O–H groups in total. The fraction of sp³-hybridized carbons (Fsp3) is 0.348. The van der Waals surface area contributed by atoms with Crippen LogP contribution in [0.3, 0.4) is 0 Å². The minimum Gasteiger partial charge on any atom is -0.334 e. The number of amides is 2. The van der Waals surface area contributed by atoms with Crippen molar-refractivity contribution in [2.45, 2.75) is 26.1 Å². The van der Waals surface area contributed by atoms with E-state index in [1.54, 1.807) is 4.90 Å². The van der Waals surface area contributed by atoms with Crippen LogP contribution in [0.15, 0.2) is 53.1 Å². The Bertz CT molecular complexity index is 1070. The Morgan fingerprint density at radius 2 is 1.70 bits per heavy atom. The molecule has 1 aliphatic rings. The number of alkyl halides is 3. The molecule has 1 fully saturated rings. The van der Waals surface area contributed by atoms with Gasteiger partial charge in [0.25, 0.3) is 5.89 Å². The molecule has 0 atom stereocenters. The van der Waals surface area contributed by atoms with E-state index >= 15 is 0 Å². The number of carbonyl (C=O) groups excluding carboxylic acids is 1. The summed E-state index contributed by atoms with van der Waals surface area (Å²) in [5.41, 5.74) is 1.67. The zero-order valence-electron chi connectivity index (χ0n) is 18.1. The number of aromatic nitrogens is 2. The van der Waals surface area contributed by atoms with Gasteiger partial charge >= 0.3 is 12.2 Å². The third-order valence-corrected chi connectivity index (χ3v) is 5.57. The highest BCUT2D eigenvalue weighted by Crippen LogP contribution is 2.30. The highest BCUT2D eigenvalue weighted by atomic mass is 19.4. The Kier molecular flexibility index (Phi) is 6.64. The van der Waals surface area contributed by atoms with Gasteiger partial charge in [0.15, 0.2) is 5.82 Å². The molecule has 1 aliphatic heterocycles. The number of rotatable bonds is 5. The van der Waals surface area contributed by atoms with Crippen LogP contribution in [0.4, 0.5) is 23.7 Å². The zero-order chi connectivity index (χ0) is 23.4. The Morgan fingerprint density at radius 1 is 1.03 bits per heavy atom. The van der Waals surface area contributed by atoms with Crippen LogP contribution >= 0.6 is 0 Å². The van der Waals surface area contributed by atoms with Crippen LogP contribution in [0.25, 0.3) is 11.5 Å². The van der Waals surface area contributed by atoms with Gasteiger partial charge in [0, 0.05) is 37.4 Å². The van der Waals surface area contributed by atoms with Crippen LogP contribution in [0.1, 0.15) is 23.9 Å². The predicted octanol–water partition coefficient (Wildman–Crippen LogP) is 4.67. The van der Waals surface area contributed by atoms with Crippen molar-refractivity contribution >= 4 is 11.7 Å². The zero-order valence-corrected chi connectivity index (χ0v) is 18.1. The number of nitrogens with one attached hydrogen (secondary N) is 1. The Hall–Kier alpha value is -3.40. The van der Waals surface area contributed by atoms with Gasteiger partial charge in [0.1, 0.15) is 0 Å². The molecule has 0 radical (unpaired) electrons. The van der Waals surface area contributed by atoms with E-state index in [4.69, 9.17) is 4.52 Å². The van der Waals surface area contributed by atoms with Crippen molar-refractivity contribution in [1.82, 2.24) is 19.9 Å². The van der Waals surface area contributed by atoms with Gasteiger partial charge in [-0.2, -0.15) is 18.2 Å². The van der Waals surface area contributed by atoms with Crippen molar-refractivity contribution in [3.8, 4) is 11.5 Å². The molecule has 4 rings (SSSR count). The smallest absolute Gasteiger partial charge is 0.334 e. The Balaban J connectivity index is 1.28. The van der Waals surface area contributed by atoms with Crippen molar-refractivity contribution in [3.63, 3.8) is 0 Å². The minimum absolute atomic E-state index is 0.136. The van der Waals surface area contributed by atoms with Crippen molar-refractivity contribution in [2.24, 2.45) is 0 Å². The molecule has 0 spiro atoms. The summed E-state index contributed by atoms with van der Waals surface area (Å²) in [5.74, 6) is 0.615. The third kappa shape index (κ3) is 5.70. The van der Waals surface area contributed by atoms with E-state index in [0.29, 0.717) is 44.1 Å². The first kappa shape index (κ1) is 22.8. The third-order valence-electron chi connectivity index (χ3n) is 5.57. The summed E-state index contributed by atoms with van der Waals surface area (Å²) in [4.78, 5) is 20.7. The molecule has 1 saturated heterocycles. The lowest BCUT2D eigenvalue weighted by Gasteiger charge is -2.34. The predicted molar refractivity (Wildman–Crippen MR) is 116 cm³/mol. The molecule has 174 valence electrons. The van der Waals surface area contributed by atoms with E-state index in [0.717, 1.165) is 24.2 Å². The molecule has 1 aromatic heterocycles. The molecule has 33 heavy (non-hydrogen) atoms. The van der Waals surface area contributed by atoms with Gasteiger partial charge in [-0.25, -0.2) is 4.79 Å². The number of aryl methyl sites for hydroxylation is 1. The molecule has 0 aliphatic carbocycles. The van der Waals surface area contributed by atoms with Crippen LogP contribution in [0, 0.1) is 0 Å². The van der Waals surface area contributed by atoms with E-state index in [1.807, 2.05) is 24.3 Å². The van der Waals surface area contributed by atoms with Crippen molar-refractivity contribution in [1.29, 1.82) is 0 Å². The fourth-order valence-electron chi connectivity index (χ4n) is 3.57. The maximum Gasteiger partial charge on any atom is 0.416 e. The highest BCUT2D eigenvalue weighted by molar-refractivity contribution is 5.89. The standard InChI is InChI=1S/C23H24F3N5O2/c1-2-16-3-9-19(10-4-16)27-22(32)31-13-11-30(12-14-31)15-20-28-21(33-29-20)17-5-7-18(8-6-17)23(24,25)26/h3-10H,2,11-15H2,1H3,(H,27,32). The summed E-state index contributed by atoms with van der Waals surface area (Å²) in [6, 6.07) is 12.3. The molecule has 10 heteroatoms. The maximum atomic E-state index is 12.7. The summed E-state index contributed by atoms with van der Waals surface area (Å²) in [6.07, 6.45) is -3.44. The lowest BCUT2D eigenvalue weighted by atomic mass is 10.1. The molecule has 0 saturated carbocycles. The number of piperazine rings is 1. The SMILES string of the molecule is CCc1ccc(NC(=O)N2CCN(Cc3noc(-c4ccc(C(F)(F)F)cc4)n3)CC2)cc1. The average molecular weight is 459 g/mol. The summed E-state index contributed by atoms with van der Waals surface area (Å²) < 4.78 is 43.4. The number of urea groups is 1. The van der Waals surface area contributed by atoms with Gasteiger partial charge in [-0.3, -0.25) is 4.90 Å². The van der Waals surface area contributed by atoms with Gasteiger partial charge in [0.2, 0.25) is 0 Å². The largest absolute Gasteiger partial charge is 0.416 e. The first-order valence-electron chi connectivity index (χ1n) is 10.7. The number of anilines is 1. The Morgan fingerprint density at radius 3 is 2.30 bits per heavy atom. The number of nitrogens with zero attached hydrogens (tertiary/aromatic N) is 4. The first-order valence-corrected chi connectivity index (χ1v) is 10.7. The lowest BCUT2D eigenvalue weighted by molar-refractivity contribution is -0.137. The van der Waals surface area contributed by atoms with E-state index in [2.05, 4.69) is 27.3 Å². The van der Waals surface area contributed by atoms with Crippen LogP contribution in [-0.4, -0.2) is 52.2 Å². The second-order valence-corrected chi connectivity index (χ2v) is 7.83. The van der Waals surface area contributed by atoms with Gasteiger partial charge in [-0.1, -0.05) is 24.2 Å². The van der Waals surface area contributed by atoms with E-state index < -0.39 is 11.7 Å². The van der Waals surface area contributed by atoms with Crippen LogP contribution in [0.2, 0.25) is 0 Å². The fourth-order valence-corrected chi connectivity index (χ4v) is 3.57. The van der Waals surface area contributed by atoms with E-state index in [1.165, 1.54) is 17.7 Å². The number of carbonyl (C=O) groups is 1. The Labute approximate surface area is 189 Å². The monoisotopic (exact) mass is 459 g/mol. The molecule has 0 unspecified atom stereocenters. The van der Waals surface area contributed by atoms with Crippen molar-refractivity contribution in [2.75, 3.05) is 31.5 Å². The molecule has 3 aromatic rings. The molecule has 2 amide bonds. The van der Waals surface area contributed by atoms with Gasteiger partial charge in [0.05, 0.1) is 12.1 Å². The summed E-state index contributed by atoms with van der Waals surface area (Å²) in [6.45, 7) is 4.92. The number of hydrogen-bond acceptors (Lipinski definition) is 5. The van der Waals surface area contributed by atoms with E-state index in [9.17, 15) is 18.0 Å². The van der Waals surface area contributed by atoms with Gasteiger partial charge in [-0.15, -0.1) is 0 Å². The van der Waals surface area contributed by atoms with Crippen molar-refractivity contribution < 1.29 is 22.5 Å². The average Bonchev–Trinajstić information content (AvgIpc) is 3.28. The molecular weight excluding hydrogens is 435 g/mol. The lowest BCUT2D eigenvalue weighted by Crippen LogP contribution is -2.49. The number of halogens is 3. The summed E-state index contributed by atoms with van der Waals surface area (Å²) in [5, 5.41) is 6.86. The number of benzene rings is 2. The maximum absolute atomic E-state index is 12.7. The van der Waals surface area contributed by atoms with Crippen LogP contribution in [-0.2, 0) is 19.1 Å². The molecule has 0 bridgehead atoms. The molecule has 7 nitrogen and oxygen atoms in total. The molecule has 2 aromatic carbocycles. The summed E-state index contributed by atoms with van der Waals surface area (Å²) >= 11 is 0. The van der Waals surface area contributed by atoms with E-state index in [-0.39, 0.29) is 11.9 Å². The molecule has 2 heterocycles. The minimum atomic E-state index is -4.39. The quantitative estimate of drug-likeness (QED) is 0.600. The van der Waals surface area contributed by atoms with Crippen molar-refractivity contribution in [3.05, 3.63) is 65.5 Å².